The number of benzene rings is 1. The van der Waals surface area contributed by atoms with Crippen molar-refractivity contribution >= 4 is 23.6 Å². The second kappa shape index (κ2) is 9.08. The number of carbonyl (C=O) groups is 3. The zero-order chi connectivity index (χ0) is 22.5. The van der Waals surface area contributed by atoms with Gasteiger partial charge in [-0.25, -0.2) is 9.48 Å². The number of nitrogens with one attached hydrogen (secondary N) is 1. The Labute approximate surface area is 177 Å². The van der Waals surface area contributed by atoms with Crippen LogP contribution in [-0.4, -0.2) is 43.7 Å². The number of aromatic nitrogens is 3. The Morgan fingerprint density at radius 3 is 2.45 bits per heavy atom. The molecule has 10 nitrogen and oxygen atoms in total. The van der Waals surface area contributed by atoms with Crippen molar-refractivity contribution in [2.45, 2.75) is 25.8 Å². The lowest BCUT2D eigenvalue weighted by molar-refractivity contribution is 0.0697. The molecular weight excluding hydrogens is 400 g/mol. The zero-order valence-electron chi connectivity index (χ0n) is 16.8. The number of amides is 2. The Bertz CT molecular complexity index is 1120. The molecule has 0 saturated heterocycles. The molecule has 1 aliphatic carbocycles. The molecule has 1 fully saturated rings. The Morgan fingerprint density at radius 1 is 1.19 bits per heavy atom. The van der Waals surface area contributed by atoms with Crippen LogP contribution in [0.15, 0.2) is 48.8 Å². The molecular formula is C21H22N6O4. The number of aromatic carboxylic acids is 1. The number of carboxylic acids is 1. The molecule has 3 aromatic rings. The molecule has 160 valence electrons. The first-order chi connectivity index (χ1) is 14.8. The number of nitrogens with two attached hydrogens (primary N) is 2. The summed E-state index contributed by atoms with van der Waals surface area (Å²) in [7, 11) is 0. The number of primary amides is 1. The Hall–Kier alpha value is -4.21. The molecule has 0 aliphatic heterocycles. The number of hydrogen-bond donors (Lipinski definition) is 4. The Balaban J connectivity index is 0.000000254. The molecule has 1 aliphatic rings. The molecule has 0 bridgehead atoms. The topological polar surface area (TPSA) is 166 Å². The number of rotatable bonds is 5. The first-order valence-electron chi connectivity index (χ1n) is 9.47. The van der Waals surface area contributed by atoms with E-state index in [1.54, 1.807) is 36.4 Å². The molecule has 31 heavy (non-hydrogen) atoms. The summed E-state index contributed by atoms with van der Waals surface area (Å²) in [5, 5.41) is 16.0. The highest BCUT2D eigenvalue weighted by atomic mass is 16.4. The van der Waals surface area contributed by atoms with Gasteiger partial charge in [0.25, 0.3) is 11.8 Å². The van der Waals surface area contributed by atoms with Gasteiger partial charge in [-0.15, -0.1) is 5.10 Å². The van der Waals surface area contributed by atoms with Crippen molar-refractivity contribution in [2.75, 3.05) is 5.73 Å². The van der Waals surface area contributed by atoms with Gasteiger partial charge in [-0.1, -0.05) is 12.1 Å². The second-order valence-electron chi connectivity index (χ2n) is 7.01. The molecule has 1 saturated carbocycles. The van der Waals surface area contributed by atoms with E-state index >= 15 is 0 Å². The molecule has 0 unspecified atom stereocenters. The minimum absolute atomic E-state index is 0.0558. The van der Waals surface area contributed by atoms with Crippen molar-refractivity contribution in [1.82, 2.24) is 20.1 Å². The van der Waals surface area contributed by atoms with Gasteiger partial charge in [0.15, 0.2) is 5.82 Å². The lowest BCUT2D eigenvalue weighted by Crippen LogP contribution is -2.25. The number of pyridine rings is 1. The quantitative estimate of drug-likeness (QED) is 0.484. The van der Waals surface area contributed by atoms with Crippen LogP contribution in [-0.2, 0) is 0 Å². The number of anilines is 1. The van der Waals surface area contributed by atoms with Crippen molar-refractivity contribution < 1.29 is 19.5 Å². The maximum Gasteiger partial charge on any atom is 0.341 e. The zero-order valence-corrected chi connectivity index (χ0v) is 16.8. The van der Waals surface area contributed by atoms with Gasteiger partial charge < -0.3 is 21.9 Å². The monoisotopic (exact) mass is 422 g/mol. The first-order valence-corrected chi connectivity index (χ1v) is 9.47. The van der Waals surface area contributed by atoms with E-state index in [0.29, 0.717) is 16.9 Å². The van der Waals surface area contributed by atoms with Gasteiger partial charge >= 0.3 is 5.97 Å². The fourth-order valence-electron chi connectivity index (χ4n) is 2.68. The molecule has 2 amide bonds. The van der Waals surface area contributed by atoms with E-state index in [4.69, 9.17) is 16.6 Å². The smallest absolute Gasteiger partial charge is 0.341 e. The van der Waals surface area contributed by atoms with Crippen molar-refractivity contribution in [3.63, 3.8) is 0 Å². The van der Waals surface area contributed by atoms with Crippen LogP contribution in [0.1, 0.15) is 49.6 Å². The van der Waals surface area contributed by atoms with E-state index in [-0.39, 0.29) is 23.3 Å². The summed E-state index contributed by atoms with van der Waals surface area (Å²) in [6.45, 7) is 1.86. The number of hydrogen-bond acceptors (Lipinski definition) is 6. The van der Waals surface area contributed by atoms with Crippen LogP contribution in [0.3, 0.4) is 0 Å². The first kappa shape index (κ1) is 21.5. The van der Waals surface area contributed by atoms with E-state index < -0.39 is 11.9 Å². The van der Waals surface area contributed by atoms with Gasteiger partial charge in [0.2, 0.25) is 0 Å². The summed E-state index contributed by atoms with van der Waals surface area (Å²) in [6.07, 6.45) is 4.91. The Morgan fingerprint density at radius 2 is 1.94 bits per heavy atom. The van der Waals surface area contributed by atoms with Crippen LogP contribution in [0.2, 0.25) is 0 Å². The summed E-state index contributed by atoms with van der Waals surface area (Å²) in [6, 6.07) is 10.5. The normalized spacial score (nSPS) is 12.4. The van der Waals surface area contributed by atoms with Crippen molar-refractivity contribution in [3.8, 4) is 5.69 Å². The molecule has 1 aromatic carbocycles. The van der Waals surface area contributed by atoms with Crippen LogP contribution in [0.25, 0.3) is 5.69 Å². The van der Waals surface area contributed by atoms with Gasteiger partial charge in [-0.3, -0.25) is 14.6 Å². The number of nitrogen functional groups attached to an aromatic ring is 1. The maximum atomic E-state index is 12.1. The fraction of sp³-hybridized carbons (Fsp3) is 0.190. The highest BCUT2D eigenvalue weighted by Crippen LogP contribution is 2.22. The predicted molar refractivity (Wildman–Crippen MR) is 113 cm³/mol. The summed E-state index contributed by atoms with van der Waals surface area (Å²) < 4.78 is 1.39. The third-order valence-corrected chi connectivity index (χ3v) is 4.52. The second-order valence-corrected chi connectivity index (χ2v) is 7.01. The highest BCUT2D eigenvalue weighted by Gasteiger charge is 2.24. The average molecular weight is 422 g/mol. The van der Waals surface area contributed by atoms with E-state index in [2.05, 4.69) is 15.4 Å². The van der Waals surface area contributed by atoms with Crippen LogP contribution < -0.4 is 16.8 Å². The molecule has 10 heteroatoms. The highest BCUT2D eigenvalue weighted by molar-refractivity contribution is 5.95. The molecule has 0 radical (unpaired) electrons. The minimum atomic E-state index is -1.14. The SMILES string of the molecule is Cc1ccc(C(=O)NC2CC2)cc1-n1cc(C(=O)O)c(N)n1.NC(=O)c1ccccn1. The fourth-order valence-corrected chi connectivity index (χ4v) is 2.68. The minimum Gasteiger partial charge on any atom is -0.477 e. The van der Waals surface area contributed by atoms with E-state index in [9.17, 15) is 14.4 Å². The van der Waals surface area contributed by atoms with E-state index in [1.807, 2.05) is 6.92 Å². The number of aryl methyl sites for hydroxylation is 1. The maximum absolute atomic E-state index is 12.1. The summed E-state index contributed by atoms with van der Waals surface area (Å²) in [5.74, 6) is -1.82. The van der Waals surface area contributed by atoms with Gasteiger partial charge in [-0.05, 0) is 49.6 Å². The molecule has 2 aromatic heterocycles. The standard InChI is InChI=1S/C15H16N4O3.C6H6N2O/c1-8-2-3-9(14(20)17-10-4-5-10)6-12(8)19-7-11(15(21)22)13(16)18-19;7-6(9)5-3-1-2-4-8-5/h2-3,6-7,10H,4-5H2,1H3,(H2,16,18)(H,17,20)(H,21,22);1-4H,(H2,7,9). The number of carboxylic acid groups (broad SMARTS) is 1. The van der Waals surface area contributed by atoms with Crippen LogP contribution in [0.4, 0.5) is 5.82 Å². The van der Waals surface area contributed by atoms with Crippen molar-refractivity contribution in [2.24, 2.45) is 5.73 Å². The summed E-state index contributed by atoms with van der Waals surface area (Å²) >= 11 is 0. The lowest BCUT2D eigenvalue weighted by atomic mass is 10.1. The van der Waals surface area contributed by atoms with E-state index in [1.165, 1.54) is 17.1 Å². The number of nitrogens with zero attached hydrogens (tertiary/aromatic N) is 3. The van der Waals surface area contributed by atoms with Crippen LogP contribution in [0, 0.1) is 6.92 Å². The van der Waals surface area contributed by atoms with Crippen LogP contribution >= 0.6 is 0 Å². The predicted octanol–water partition coefficient (Wildman–Crippen LogP) is 1.53. The summed E-state index contributed by atoms with van der Waals surface area (Å²) in [4.78, 5) is 37.2. The van der Waals surface area contributed by atoms with Crippen molar-refractivity contribution in [3.05, 3.63) is 71.2 Å². The molecule has 6 N–H and O–H groups in total. The summed E-state index contributed by atoms with van der Waals surface area (Å²) in [5.41, 5.74) is 12.8. The molecule has 4 rings (SSSR count). The van der Waals surface area contributed by atoms with Crippen LogP contribution in [0.5, 0.6) is 0 Å². The molecule has 0 spiro atoms. The third-order valence-electron chi connectivity index (χ3n) is 4.52. The van der Waals surface area contributed by atoms with E-state index in [0.717, 1.165) is 18.4 Å². The van der Waals surface area contributed by atoms with Gasteiger partial charge in [0.1, 0.15) is 11.3 Å². The largest absolute Gasteiger partial charge is 0.477 e. The Kier molecular flexibility index (Phi) is 6.29. The average Bonchev–Trinajstić information content (AvgIpc) is 3.47. The lowest BCUT2D eigenvalue weighted by Gasteiger charge is -2.09. The van der Waals surface area contributed by atoms with Gasteiger partial charge in [0, 0.05) is 24.0 Å². The molecule has 2 heterocycles. The van der Waals surface area contributed by atoms with Gasteiger partial charge in [0.05, 0.1) is 5.69 Å². The molecule has 0 atom stereocenters. The third kappa shape index (κ3) is 5.44. The number of carbonyl (C=O) groups excluding carboxylic acids is 2. The van der Waals surface area contributed by atoms with Crippen molar-refractivity contribution in [1.29, 1.82) is 0 Å². The van der Waals surface area contributed by atoms with Gasteiger partial charge in [-0.2, -0.15) is 0 Å².